The lowest BCUT2D eigenvalue weighted by Crippen LogP contribution is -2.50. The Morgan fingerprint density at radius 1 is 1.15 bits per heavy atom. The van der Waals surface area contributed by atoms with E-state index >= 15 is 0 Å². The monoisotopic (exact) mass is 378 g/mol. The van der Waals surface area contributed by atoms with Crippen LogP contribution in [-0.2, 0) is 15.3 Å². The van der Waals surface area contributed by atoms with Crippen LogP contribution in [0.1, 0.15) is 24.8 Å². The van der Waals surface area contributed by atoms with E-state index < -0.39 is 9.84 Å². The Kier molecular flexibility index (Phi) is 6.19. The SMILES string of the molecule is CN=C(NCCN1CCS(=O)(=O)CC1)NCC1(c2ccccc2)CCC1. The van der Waals surface area contributed by atoms with Gasteiger partial charge < -0.3 is 10.6 Å². The molecule has 0 atom stereocenters. The summed E-state index contributed by atoms with van der Waals surface area (Å²) in [6.45, 7) is 3.75. The summed E-state index contributed by atoms with van der Waals surface area (Å²) < 4.78 is 23.0. The average Bonchev–Trinajstić information content (AvgIpc) is 2.61. The number of guanidine groups is 1. The molecular formula is C19H30N4O2S. The van der Waals surface area contributed by atoms with E-state index in [1.807, 2.05) is 0 Å². The molecule has 0 bridgehead atoms. The Labute approximate surface area is 157 Å². The van der Waals surface area contributed by atoms with E-state index in [0.29, 0.717) is 13.1 Å². The second-order valence-corrected chi connectivity index (χ2v) is 9.65. The molecule has 2 fully saturated rings. The van der Waals surface area contributed by atoms with Crippen molar-refractivity contribution in [3.05, 3.63) is 35.9 Å². The number of nitrogens with one attached hydrogen (secondary N) is 2. The van der Waals surface area contributed by atoms with Crippen LogP contribution < -0.4 is 10.6 Å². The summed E-state index contributed by atoms with van der Waals surface area (Å²) in [5.41, 5.74) is 1.63. The topological polar surface area (TPSA) is 73.8 Å². The molecule has 1 aromatic rings. The summed E-state index contributed by atoms with van der Waals surface area (Å²) in [5, 5.41) is 6.84. The second kappa shape index (κ2) is 8.39. The number of hydrogen-bond acceptors (Lipinski definition) is 4. The van der Waals surface area contributed by atoms with Gasteiger partial charge >= 0.3 is 0 Å². The van der Waals surface area contributed by atoms with E-state index in [2.05, 4.69) is 50.9 Å². The van der Waals surface area contributed by atoms with Gasteiger partial charge in [0.05, 0.1) is 11.5 Å². The van der Waals surface area contributed by atoms with Gasteiger partial charge in [-0.1, -0.05) is 36.8 Å². The summed E-state index contributed by atoms with van der Waals surface area (Å²) in [6.07, 6.45) is 3.70. The second-order valence-electron chi connectivity index (χ2n) is 7.35. The maximum absolute atomic E-state index is 11.5. The van der Waals surface area contributed by atoms with E-state index in [-0.39, 0.29) is 16.9 Å². The molecule has 2 aliphatic rings. The molecule has 3 rings (SSSR count). The van der Waals surface area contributed by atoms with Crippen molar-refractivity contribution in [3.63, 3.8) is 0 Å². The van der Waals surface area contributed by atoms with Crippen LogP contribution in [0.4, 0.5) is 0 Å². The summed E-state index contributed by atoms with van der Waals surface area (Å²) >= 11 is 0. The van der Waals surface area contributed by atoms with Gasteiger partial charge in [-0.25, -0.2) is 8.42 Å². The highest BCUT2D eigenvalue weighted by Gasteiger charge is 2.38. The Morgan fingerprint density at radius 3 is 2.42 bits per heavy atom. The third-order valence-electron chi connectivity index (χ3n) is 5.67. The quantitative estimate of drug-likeness (QED) is 0.571. The first-order chi connectivity index (χ1) is 12.5. The molecule has 0 unspecified atom stereocenters. The normalized spacial score (nSPS) is 22.4. The molecular weight excluding hydrogens is 348 g/mol. The van der Waals surface area contributed by atoms with Crippen molar-refractivity contribution in [1.29, 1.82) is 0 Å². The number of rotatable bonds is 6. The van der Waals surface area contributed by atoms with Gasteiger partial charge in [-0.15, -0.1) is 0 Å². The van der Waals surface area contributed by atoms with Gasteiger partial charge in [0.2, 0.25) is 0 Å². The Hall–Kier alpha value is -1.60. The molecule has 26 heavy (non-hydrogen) atoms. The van der Waals surface area contributed by atoms with Crippen LogP contribution >= 0.6 is 0 Å². The molecule has 0 aromatic heterocycles. The molecule has 0 amide bonds. The van der Waals surface area contributed by atoms with Crippen molar-refractivity contribution in [2.75, 3.05) is 51.3 Å². The predicted octanol–water partition coefficient (Wildman–Crippen LogP) is 1.00. The maximum atomic E-state index is 11.5. The van der Waals surface area contributed by atoms with Crippen LogP contribution in [0.2, 0.25) is 0 Å². The maximum Gasteiger partial charge on any atom is 0.191 e. The Balaban J connectivity index is 1.44. The molecule has 1 heterocycles. The first-order valence-corrected chi connectivity index (χ1v) is 11.3. The number of aliphatic imine (C=N–C) groups is 1. The zero-order chi connectivity index (χ0) is 18.5. The lowest BCUT2D eigenvalue weighted by molar-refractivity contribution is 0.243. The lowest BCUT2D eigenvalue weighted by atomic mass is 9.64. The highest BCUT2D eigenvalue weighted by Crippen LogP contribution is 2.43. The first-order valence-electron chi connectivity index (χ1n) is 9.46. The van der Waals surface area contributed by atoms with E-state index in [1.54, 1.807) is 7.05 Å². The fourth-order valence-electron chi connectivity index (χ4n) is 3.74. The van der Waals surface area contributed by atoms with E-state index in [4.69, 9.17) is 0 Å². The third-order valence-corrected chi connectivity index (χ3v) is 7.28. The summed E-state index contributed by atoms with van der Waals surface area (Å²) in [4.78, 5) is 6.52. The first kappa shape index (κ1) is 19.2. The van der Waals surface area contributed by atoms with Crippen LogP contribution in [-0.4, -0.2) is 70.6 Å². The summed E-state index contributed by atoms with van der Waals surface area (Å²) in [7, 11) is -1.02. The molecule has 1 aliphatic heterocycles. The molecule has 0 spiro atoms. The zero-order valence-electron chi connectivity index (χ0n) is 15.6. The highest BCUT2D eigenvalue weighted by molar-refractivity contribution is 7.91. The summed E-state index contributed by atoms with van der Waals surface area (Å²) in [5.74, 6) is 1.37. The minimum Gasteiger partial charge on any atom is -0.356 e. The van der Waals surface area contributed by atoms with E-state index in [0.717, 1.165) is 25.6 Å². The van der Waals surface area contributed by atoms with Gasteiger partial charge in [0.1, 0.15) is 0 Å². The molecule has 1 saturated carbocycles. The standard InChI is InChI=1S/C19H30N4O2S/c1-20-18(21-10-11-23-12-14-26(24,25)15-13-23)22-16-19(8-5-9-19)17-6-3-2-4-7-17/h2-4,6-7H,5,8-16H2,1H3,(H2,20,21,22). The van der Waals surface area contributed by atoms with Gasteiger partial charge in [0.15, 0.2) is 15.8 Å². The number of nitrogens with zero attached hydrogens (tertiary/aromatic N) is 2. The van der Waals surface area contributed by atoms with Gasteiger partial charge in [0, 0.05) is 45.2 Å². The molecule has 2 N–H and O–H groups in total. The van der Waals surface area contributed by atoms with E-state index in [9.17, 15) is 8.42 Å². The molecule has 1 aliphatic carbocycles. The van der Waals surface area contributed by atoms with Crippen LogP contribution in [0.25, 0.3) is 0 Å². The van der Waals surface area contributed by atoms with Gasteiger partial charge in [0.25, 0.3) is 0 Å². The Morgan fingerprint density at radius 2 is 1.85 bits per heavy atom. The predicted molar refractivity (Wildman–Crippen MR) is 106 cm³/mol. The van der Waals surface area contributed by atoms with Gasteiger partial charge in [-0.3, -0.25) is 9.89 Å². The van der Waals surface area contributed by atoms with Crippen LogP contribution in [0, 0.1) is 0 Å². The van der Waals surface area contributed by atoms with Crippen molar-refractivity contribution in [1.82, 2.24) is 15.5 Å². The molecule has 1 saturated heterocycles. The highest BCUT2D eigenvalue weighted by atomic mass is 32.2. The zero-order valence-corrected chi connectivity index (χ0v) is 16.4. The van der Waals surface area contributed by atoms with Crippen LogP contribution in [0.15, 0.2) is 35.3 Å². The van der Waals surface area contributed by atoms with Crippen molar-refractivity contribution in [2.45, 2.75) is 24.7 Å². The number of hydrogen-bond donors (Lipinski definition) is 2. The number of benzene rings is 1. The fraction of sp³-hybridized carbons (Fsp3) is 0.632. The van der Waals surface area contributed by atoms with E-state index in [1.165, 1.54) is 24.8 Å². The van der Waals surface area contributed by atoms with Gasteiger partial charge in [-0.2, -0.15) is 0 Å². The molecule has 7 heteroatoms. The molecule has 0 radical (unpaired) electrons. The molecule has 1 aromatic carbocycles. The molecule has 144 valence electrons. The number of sulfone groups is 1. The Bertz CT molecular complexity index is 700. The summed E-state index contributed by atoms with van der Waals surface area (Å²) in [6, 6.07) is 10.7. The van der Waals surface area contributed by atoms with Crippen LogP contribution in [0.5, 0.6) is 0 Å². The minimum atomic E-state index is -2.81. The van der Waals surface area contributed by atoms with Crippen molar-refractivity contribution in [3.8, 4) is 0 Å². The third kappa shape index (κ3) is 4.76. The van der Waals surface area contributed by atoms with Gasteiger partial charge in [-0.05, 0) is 18.4 Å². The lowest BCUT2D eigenvalue weighted by Gasteiger charge is -2.43. The molecule has 6 nitrogen and oxygen atoms in total. The van der Waals surface area contributed by atoms with Crippen molar-refractivity contribution < 1.29 is 8.42 Å². The fourth-order valence-corrected chi connectivity index (χ4v) is 5.02. The van der Waals surface area contributed by atoms with Crippen LogP contribution in [0.3, 0.4) is 0 Å². The van der Waals surface area contributed by atoms with Crippen molar-refractivity contribution >= 4 is 15.8 Å². The largest absolute Gasteiger partial charge is 0.356 e. The smallest absolute Gasteiger partial charge is 0.191 e. The average molecular weight is 379 g/mol. The minimum absolute atomic E-state index is 0.222. The van der Waals surface area contributed by atoms with Crippen molar-refractivity contribution in [2.24, 2.45) is 4.99 Å².